The molecule has 0 atom stereocenters. The predicted molar refractivity (Wildman–Crippen MR) is 180 cm³/mol. The number of hydrogen-bond donors (Lipinski definition) is 2. The fourth-order valence-corrected chi connectivity index (χ4v) is 1.92. The number of carboxylic acids is 2. The number of carbonyl (C=O) groups is 14. The van der Waals surface area contributed by atoms with Crippen LogP contribution in [0.5, 0.6) is 0 Å². The Morgan fingerprint density at radius 2 is 0.360 bits per heavy atom. The van der Waals surface area contributed by atoms with Gasteiger partial charge in [0.25, 0.3) is 0 Å². The molecule has 16 nitrogen and oxygen atoms in total. The number of hydrogen-bond acceptors (Lipinski definition) is 14. The van der Waals surface area contributed by atoms with Crippen LogP contribution in [0.15, 0.2) is 0 Å². The van der Waals surface area contributed by atoms with Crippen molar-refractivity contribution in [3.63, 3.8) is 0 Å². The molecular formula is C34H54O16. The van der Waals surface area contributed by atoms with Crippen molar-refractivity contribution < 1.29 is 77.3 Å². The average Bonchev–Trinajstić information content (AvgIpc) is 3.11. The summed E-state index contributed by atoms with van der Waals surface area (Å²) in [5, 5.41) is 15.8. The molecule has 0 aliphatic heterocycles. The molecular weight excluding hydrogens is 664 g/mol. The number of aliphatic carboxylic acids is 2. The van der Waals surface area contributed by atoms with Crippen LogP contribution < -0.4 is 0 Å². The number of aldehydes is 12. The van der Waals surface area contributed by atoms with Gasteiger partial charge in [0.2, 0.25) is 0 Å². The molecule has 0 aliphatic rings. The molecule has 0 unspecified atom stereocenters. The maximum atomic E-state index is 9.64. The third-order valence-corrected chi connectivity index (χ3v) is 4.42. The van der Waals surface area contributed by atoms with Crippen molar-refractivity contribution >= 4 is 87.4 Å². The van der Waals surface area contributed by atoms with E-state index in [0.29, 0.717) is 116 Å². The minimum Gasteiger partial charge on any atom is -0.481 e. The van der Waals surface area contributed by atoms with Crippen molar-refractivity contribution in [2.75, 3.05) is 0 Å². The highest BCUT2D eigenvalue weighted by molar-refractivity contribution is 5.75. The number of rotatable bonds is 27. The molecule has 0 fully saturated rings. The van der Waals surface area contributed by atoms with Crippen LogP contribution in [0.25, 0.3) is 0 Å². The van der Waals surface area contributed by atoms with Crippen LogP contribution in [0.1, 0.15) is 128 Å². The first-order valence-electron chi connectivity index (χ1n) is 15.8. The van der Waals surface area contributed by atoms with Crippen LogP contribution in [0, 0.1) is 0 Å². The Labute approximate surface area is 293 Å². The van der Waals surface area contributed by atoms with Crippen LogP contribution >= 0.6 is 0 Å². The van der Waals surface area contributed by atoms with Gasteiger partial charge in [-0.2, -0.15) is 0 Å². The van der Waals surface area contributed by atoms with Crippen molar-refractivity contribution in [3.05, 3.63) is 0 Å². The molecule has 0 saturated carbocycles. The summed E-state index contributed by atoms with van der Waals surface area (Å²) < 4.78 is 0. The van der Waals surface area contributed by atoms with E-state index >= 15 is 0 Å². The van der Waals surface area contributed by atoms with Crippen LogP contribution in [0.3, 0.4) is 0 Å². The van der Waals surface area contributed by atoms with Gasteiger partial charge in [-0.1, -0.05) is 0 Å². The van der Waals surface area contributed by atoms with Crippen molar-refractivity contribution in [1.82, 2.24) is 0 Å². The van der Waals surface area contributed by atoms with Gasteiger partial charge in [-0.3, -0.25) is 9.59 Å². The predicted octanol–water partition coefficient (Wildman–Crippen LogP) is 3.26. The minimum absolute atomic E-state index is 0.296. The van der Waals surface area contributed by atoms with Gasteiger partial charge in [0.05, 0.1) is 12.8 Å². The van der Waals surface area contributed by atoms with E-state index in [4.69, 9.17) is 10.2 Å². The van der Waals surface area contributed by atoms with Gasteiger partial charge < -0.3 is 67.7 Å². The monoisotopic (exact) mass is 718 g/mol. The summed E-state index contributed by atoms with van der Waals surface area (Å²) in [5.74, 6) is -2.15. The van der Waals surface area contributed by atoms with Crippen LogP contribution in [0.2, 0.25) is 0 Å². The molecule has 2 N–H and O–H groups in total. The molecule has 0 aromatic heterocycles. The summed E-state index contributed by atoms with van der Waals surface area (Å²) in [6.45, 7) is 0. The Balaban J connectivity index is -0.0000000863. The van der Waals surface area contributed by atoms with E-state index in [1.54, 1.807) is 0 Å². The van der Waals surface area contributed by atoms with Gasteiger partial charge in [-0.25, -0.2) is 0 Å². The van der Waals surface area contributed by atoms with Crippen molar-refractivity contribution in [2.45, 2.75) is 128 Å². The normalized spacial score (nSPS) is 8.08. The van der Waals surface area contributed by atoms with E-state index in [-0.39, 0.29) is 12.8 Å². The van der Waals surface area contributed by atoms with Crippen molar-refractivity contribution in [1.29, 1.82) is 0 Å². The van der Waals surface area contributed by atoms with E-state index < -0.39 is 11.9 Å². The largest absolute Gasteiger partial charge is 0.481 e. The number of unbranched alkanes of at least 4 members (excludes halogenated alkanes) is 12. The molecule has 0 aliphatic carbocycles. The van der Waals surface area contributed by atoms with Gasteiger partial charge in [0, 0.05) is 77.0 Å². The van der Waals surface area contributed by atoms with Crippen molar-refractivity contribution in [2.24, 2.45) is 0 Å². The average molecular weight is 719 g/mol. The fraction of sp³-hybridized carbons (Fsp3) is 0.588. The molecule has 0 saturated heterocycles. The lowest BCUT2D eigenvalue weighted by Gasteiger charge is -1.85. The number of carbonyl (C=O) groups excluding carboxylic acids is 12. The summed E-state index contributed by atoms with van der Waals surface area (Å²) in [6.07, 6.45) is 19.6. The van der Waals surface area contributed by atoms with Gasteiger partial charge in [0.15, 0.2) is 0 Å². The summed E-state index contributed by atoms with van der Waals surface area (Å²) in [4.78, 5) is 134. The van der Waals surface area contributed by atoms with Crippen LogP contribution in [0.4, 0.5) is 0 Å². The lowest BCUT2D eigenvalue weighted by atomic mass is 10.3. The standard InChI is InChI=1S/6C5H8O2.C4H6O4/c6*6-4-2-1-3-5-7;5-3(6)1-2-4(7)8/h6*4-5H,1-3H2;1-2H2,(H,5,6)(H,7,8). The van der Waals surface area contributed by atoms with Gasteiger partial charge in [-0.15, -0.1) is 0 Å². The molecule has 0 heterocycles. The maximum Gasteiger partial charge on any atom is 0.303 e. The highest BCUT2D eigenvalue weighted by atomic mass is 16.4. The zero-order valence-corrected chi connectivity index (χ0v) is 28.7. The molecule has 0 aromatic rings. The molecule has 286 valence electrons. The second kappa shape index (κ2) is 74.7. The van der Waals surface area contributed by atoms with Crippen LogP contribution in [-0.2, 0) is 67.1 Å². The van der Waals surface area contributed by atoms with Gasteiger partial charge in [0.1, 0.15) is 75.4 Å². The summed E-state index contributed by atoms with van der Waals surface area (Å²) in [6, 6.07) is 0. The minimum atomic E-state index is -1.08. The highest BCUT2D eigenvalue weighted by Crippen LogP contribution is 1.89. The van der Waals surface area contributed by atoms with E-state index in [1.807, 2.05) is 0 Å². The summed E-state index contributed by atoms with van der Waals surface area (Å²) in [7, 11) is 0. The third kappa shape index (κ3) is 132. The second-order valence-corrected chi connectivity index (χ2v) is 8.87. The summed E-state index contributed by atoms with van der Waals surface area (Å²) >= 11 is 0. The first-order chi connectivity index (χ1) is 24.1. The van der Waals surface area contributed by atoms with Gasteiger partial charge in [-0.05, 0) is 38.5 Å². The van der Waals surface area contributed by atoms with Crippen molar-refractivity contribution in [3.8, 4) is 0 Å². The third-order valence-electron chi connectivity index (χ3n) is 4.42. The van der Waals surface area contributed by atoms with Crippen LogP contribution in [-0.4, -0.2) is 97.6 Å². The Morgan fingerprint density at radius 1 is 0.260 bits per heavy atom. The molecule has 0 spiro atoms. The lowest BCUT2D eigenvalue weighted by molar-refractivity contribution is -0.143. The Morgan fingerprint density at radius 3 is 0.420 bits per heavy atom. The Bertz CT molecular complexity index is 640. The zero-order chi connectivity index (χ0) is 39.8. The van der Waals surface area contributed by atoms with E-state index in [1.165, 1.54) is 0 Å². The molecule has 0 bridgehead atoms. The molecule has 0 aromatic carbocycles. The summed E-state index contributed by atoms with van der Waals surface area (Å²) in [5.41, 5.74) is 0. The quantitative estimate of drug-likeness (QED) is 0.0910. The number of carboxylic acid groups (broad SMARTS) is 2. The first-order valence-corrected chi connectivity index (χ1v) is 15.8. The highest BCUT2D eigenvalue weighted by Gasteiger charge is 2.00. The zero-order valence-electron chi connectivity index (χ0n) is 28.7. The topological polar surface area (TPSA) is 279 Å². The molecule has 16 heteroatoms. The molecule has 0 amide bonds. The molecule has 50 heavy (non-hydrogen) atoms. The van der Waals surface area contributed by atoms with Gasteiger partial charge >= 0.3 is 11.9 Å². The Kier molecular flexibility index (Phi) is 90.1. The maximum absolute atomic E-state index is 9.64. The second-order valence-electron chi connectivity index (χ2n) is 8.87. The van der Waals surface area contributed by atoms with E-state index in [2.05, 4.69) is 0 Å². The van der Waals surface area contributed by atoms with E-state index in [0.717, 1.165) is 75.4 Å². The smallest absolute Gasteiger partial charge is 0.303 e. The fourth-order valence-electron chi connectivity index (χ4n) is 1.92. The Hall–Kier alpha value is -5.02. The SMILES string of the molecule is O=C(O)CCC(=O)O.O=CCCCC=O.O=CCCCC=O.O=CCCCC=O.O=CCCCC=O.O=CCCCC=O.O=CCCCC=O. The molecule has 0 radical (unpaired) electrons. The first kappa shape index (κ1) is 60.3. The van der Waals surface area contributed by atoms with E-state index in [9.17, 15) is 67.1 Å². The molecule has 0 rings (SSSR count). The lowest BCUT2D eigenvalue weighted by Crippen LogP contribution is -2.00.